The van der Waals surface area contributed by atoms with Crippen LogP contribution in [-0.4, -0.2) is 47.1 Å². The molecule has 0 aromatic carbocycles. The Morgan fingerprint density at radius 2 is 1.75 bits per heavy atom. The van der Waals surface area contributed by atoms with Crippen molar-refractivity contribution in [2.75, 3.05) is 6.54 Å². The Morgan fingerprint density at radius 3 is 2.44 bits per heavy atom. The van der Waals surface area contributed by atoms with Gasteiger partial charge in [-0.2, -0.15) is 0 Å². The van der Waals surface area contributed by atoms with E-state index in [1.54, 1.807) is 6.92 Å². The second kappa shape index (κ2) is 8.95. The van der Waals surface area contributed by atoms with Gasteiger partial charge in [-0.3, -0.25) is 4.79 Å². The summed E-state index contributed by atoms with van der Waals surface area (Å²) in [4.78, 5) is 11.6. The van der Waals surface area contributed by atoms with Crippen molar-refractivity contribution in [3.8, 4) is 0 Å². The lowest BCUT2D eigenvalue weighted by atomic mass is 9.38. The van der Waals surface area contributed by atoms with Crippen LogP contribution in [0.5, 0.6) is 0 Å². The summed E-state index contributed by atoms with van der Waals surface area (Å²) in [6, 6.07) is 0. The highest BCUT2D eigenvalue weighted by atomic mass is 16.5. The molecule has 5 heteroatoms. The number of carbonyl (C=O) groups excluding carboxylic acids is 1. The van der Waals surface area contributed by atoms with Crippen LogP contribution >= 0.6 is 0 Å². The maximum absolute atomic E-state index is 12.2. The standard InChI is InChI=1S/C31H53NO4/c1-18-15-22(17-32-20(3)33)36-26-25(18)29(6)13-14-31-16-21(11-12-23(31)30(29,7)27(26)35)28(4,5)24(34)10-8-9-19(31)2/h18-19,21-27,34-35H,8-17H2,1-7H3,(H,32,33). The molecule has 0 aromatic heterocycles. The van der Waals surface area contributed by atoms with Crippen molar-refractivity contribution in [1.82, 2.24) is 5.32 Å². The van der Waals surface area contributed by atoms with Gasteiger partial charge >= 0.3 is 0 Å². The van der Waals surface area contributed by atoms with Gasteiger partial charge in [-0.05, 0) is 90.8 Å². The van der Waals surface area contributed by atoms with E-state index in [9.17, 15) is 15.0 Å². The van der Waals surface area contributed by atoms with Crippen molar-refractivity contribution in [1.29, 1.82) is 0 Å². The molecule has 5 rings (SSSR count). The second-order valence-corrected chi connectivity index (χ2v) is 15.0. The van der Waals surface area contributed by atoms with Crippen LogP contribution in [0.4, 0.5) is 0 Å². The Kier molecular flexibility index (Phi) is 6.69. The highest BCUT2D eigenvalue weighted by Gasteiger charge is 2.74. The minimum Gasteiger partial charge on any atom is -0.393 e. The number of amides is 1. The first kappa shape index (κ1) is 26.9. The molecule has 1 spiro atoms. The van der Waals surface area contributed by atoms with Crippen molar-refractivity contribution in [3.63, 3.8) is 0 Å². The molecule has 0 aromatic rings. The van der Waals surface area contributed by atoms with Gasteiger partial charge in [0.2, 0.25) is 5.91 Å². The third kappa shape index (κ3) is 3.61. The zero-order chi connectivity index (χ0) is 26.3. The molecule has 1 saturated heterocycles. The predicted octanol–water partition coefficient (Wildman–Crippen LogP) is 5.32. The molecule has 36 heavy (non-hydrogen) atoms. The Balaban J connectivity index is 1.51. The lowest BCUT2D eigenvalue weighted by Crippen LogP contribution is -2.61. The second-order valence-electron chi connectivity index (χ2n) is 15.0. The molecule has 4 saturated carbocycles. The van der Waals surface area contributed by atoms with Crippen molar-refractivity contribution >= 4 is 5.91 Å². The summed E-state index contributed by atoms with van der Waals surface area (Å²) in [6.07, 6.45) is 9.15. The number of rotatable bonds is 2. The van der Waals surface area contributed by atoms with E-state index in [1.807, 2.05) is 0 Å². The highest BCUT2D eigenvalue weighted by Crippen LogP contribution is 2.76. The van der Waals surface area contributed by atoms with Crippen molar-refractivity contribution in [2.45, 2.75) is 131 Å². The van der Waals surface area contributed by atoms with Crippen LogP contribution in [0.15, 0.2) is 0 Å². The average molecular weight is 504 g/mol. The van der Waals surface area contributed by atoms with Crippen molar-refractivity contribution in [3.05, 3.63) is 0 Å². The van der Waals surface area contributed by atoms with E-state index in [0.717, 1.165) is 38.5 Å². The number of ether oxygens (including phenoxy) is 1. The van der Waals surface area contributed by atoms with Gasteiger partial charge in [0.05, 0.1) is 24.4 Å². The van der Waals surface area contributed by atoms with Gasteiger partial charge in [0, 0.05) is 18.9 Å². The number of fused-ring (bicyclic) bond motifs is 5. The molecule has 2 bridgehead atoms. The Morgan fingerprint density at radius 1 is 1.03 bits per heavy atom. The molecule has 5 aliphatic rings. The third-order valence-corrected chi connectivity index (χ3v) is 13.4. The van der Waals surface area contributed by atoms with Gasteiger partial charge in [-0.25, -0.2) is 0 Å². The summed E-state index contributed by atoms with van der Waals surface area (Å²) in [6.45, 7) is 16.5. The quantitative estimate of drug-likeness (QED) is 0.476. The molecular weight excluding hydrogens is 450 g/mol. The first-order chi connectivity index (χ1) is 16.8. The molecule has 12 unspecified atom stereocenters. The van der Waals surface area contributed by atoms with Gasteiger partial charge in [0.1, 0.15) is 0 Å². The normalized spacial score (nSPS) is 54.2. The molecule has 206 valence electrons. The molecule has 4 aliphatic carbocycles. The Bertz CT molecular complexity index is 860. The molecule has 12 atom stereocenters. The van der Waals surface area contributed by atoms with Crippen LogP contribution in [-0.2, 0) is 9.53 Å². The smallest absolute Gasteiger partial charge is 0.216 e. The molecule has 0 radical (unpaired) electrons. The van der Waals surface area contributed by atoms with E-state index in [-0.39, 0.29) is 45.9 Å². The van der Waals surface area contributed by atoms with E-state index in [1.165, 1.54) is 19.3 Å². The average Bonchev–Trinajstić information content (AvgIpc) is 3.01. The first-order valence-corrected chi connectivity index (χ1v) is 15.0. The Hall–Kier alpha value is -0.650. The SMILES string of the molecule is CC(=O)NCC1CC(C)C2C(O1)C(O)C1(C)C3CCC4CC3(CCC21C)C(C)CCCC(O)C4(C)C. The van der Waals surface area contributed by atoms with Gasteiger partial charge in [0.25, 0.3) is 0 Å². The number of hydrogen-bond donors (Lipinski definition) is 3. The summed E-state index contributed by atoms with van der Waals surface area (Å²) in [5.41, 5.74) is 0.0333. The summed E-state index contributed by atoms with van der Waals surface area (Å²) in [7, 11) is 0. The van der Waals surface area contributed by atoms with Crippen LogP contribution in [0.2, 0.25) is 0 Å². The number of nitrogens with one attached hydrogen (secondary N) is 1. The number of aliphatic hydroxyl groups excluding tert-OH is 2. The summed E-state index contributed by atoms with van der Waals surface area (Å²) < 4.78 is 6.69. The maximum atomic E-state index is 12.2. The monoisotopic (exact) mass is 503 g/mol. The van der Waals surface area contributed by atoms with Crippen molar-refractivity contribution < 1.29 is 19.7 Å². The summed E-state index contributed by atoms with van der Waals surface area (Å²) in [5.74, 6) is 2.41. The fourth-order valence-electron chi connectivity index (χ4n) is 11.0. The Labute approximate surface area is 219 Å². The maximum Gasteiger partial charge on any atom is 0.216 e. The lowest BCUT2D eigenvalue weighted by Gasteiger charge is -2.66. The van der Waals surface area contributed by atoms with Crippen molar-refractivity contribution in [2.24, 2.45) is 51.2 Å². The van der Waals surface area contributed by atoms with E-state index in [0.29, 0.717) is 36.1 Å². The summed E-state index contributed by atoms with van der Waals surface area (Å²) >= 11 is 0. The van der Waals surface area contributed by atoms with E-state index >= 15 is 0 Å². The fourth-order valence-corrected chi connectivity index (χ4v) is 11.0. The molecule has 5 nitrogen and oxygen atoms in total. The molecule has 5 fully saturated rings. The number of aliphatic hydroxyl groups is 2. The lowest BCUT2D eigenvalue weighted by molar-refractivity contribution is -0.202. The molecule has 1 heterocycles. The fraction of sp³-hybridized carbons (Fsp3) is 0.968. The third-order valence-electron chi connectivity index (χ3n) is 13.4. The minimum absolute atomic E-state index is 0.0196. The van der Waals surface area contributed by atoms with Crippen LogP contribution in [0.25, 0.3) is 0 Å². The number of carbonyl (C=O) groups is 1. The van der Waals surface area contributed by atoms with Crippen LogP contribution in [0.1, 0.15) is 106 Å². The molecule has 1 amide bonds. The molecular formula is C31H53NO4. The number of hydrogen-bond acceptors (Lipinski definition) is 4. The van der Waals surface area contributed by atoms with Gasteiger partial charge in [-0.15, -0.1) is 0 Å². The van der Waals surface area contributed by atoms with Gasteiger partial charge in [-0.1, -0.05) is 54.4 Å². The molecule has 3 N–H and O–H groups in total. The molecule has 1 aliphatic heterocycles. The zero-order valence-corrected chi connectivity index (χ0v) is 24.0. The van der Waals surface area contributed by atoms with E-state index < -0.39 is 6.10 Å². The van der Waals surface area contributed by atoms with E-state index in [2.05, 4.69) is 46.9 Å². The van der Waals surface area contributed by atoms with Crippen LogP contribution in [0, 0.1) is 51.2 Å². The topological polar surface area (TPSA) is 78.8 Å². The zero-order valence-electron chi connectivity index (χ0n) is 24.0. The van der Waals surface area contributed by atoms with Crippen LogP contribution in [0.3, 0.4) is 0 Å². The van der Waals surface area contributed by atoms with E-state index in [4.69, 9.17) is 4.74 Å². The predicted molar refractivity (Wildman–Crippen MR) is 142 cm³/mol. The van der Waals surface area contributed by atoms with Crippen LogP contribution < -0.4 is 5.32 Å². The largest absolute Gasteiger partial charge is 0.393 e. The first-order valence-electron chi connectivity index (χ1n) is 15.0. The minimum atomic E-state index is -0.479. The van der Waals surface area contributed by atoms with Gasteiger partial charge < -0.3 is 20.3 Å². The summed E-state index contributed by atoms with van der Waals surface area (Å²) in [5, 5.41) is 26.3. The highest BCUT2D eigenvalue weighted by molar-refractivity contribution is 5.72. The van der Waals surface area contributed by atoms with Gasteiger partial charge in [0.15, 0.2) is 0 Å².